The Morgan fingerprint density at radius 2 is 2.38 bits per heavy atom. The highest BCUT2D eigenvalue weighted by Gasteiger charge is 2.40. The van der Waals surface area contributed by atoms with Crippen LogP contribution in [-0.4, -0.2) is 61.0 Å². The molecule has 5 heteroatoms. The Hall–Kier alpha value is -0.650. The second-order valence-electron chi connectivity index (χ2n) is 4.49. The van der Waals surface area contributed by atoms with E-state index in [1.807, 2.05) is 11.8 Å². The number of hydrogen-bond donors (Lipinski definition) is 1. The average molecular weight is 231 g/mol. The van der Waals surface area contributed by atoms with Crippen LogP contribution in [0.4, 0.5) is 0 Å². The molecule has 0 aromatic rings. The maximum absolute atomic E-state index is 11.4. The highest BCUT2D eigenvalue weighted by molar-refractivity contribution is 5.78. The summed E-state index contributed by atoms with van der Waals surface area (Å²) in [4.78, 5) is 13.3. The van der Waals surface area contributed by atoms with Gasteiger partial charge in [0.1, 0.15) is 5.54 Å². The van der Waals surface area contributed by atoms with Gasteiger partial charge in [0.2, 0.25) is 0 Å². The number of carboxylic acid groups (broad SMARTS) is 1. The van der Waals surface area contributed by atoms with E-state index in [4.69, 9.17) is 9.47 Å². The first-order valence-corrected chi connectivity index (χ1v) is 5.59. The van der Waals surface area contributed by atoms with Crippen LogP contribution in [0, 0.1) is 0 Å². The zero-order valence-electron chi connectivity index (χ0n) is 10.2. The predicted molar refractivity (Wildman–Crippen MR) is 59.5 cm³/mol. The van der Waals surface area contributed by atoms with Gasteiger partial charge in [0.05, 0.1) is 12.7 Å². The summed E-state index contributed by atoms with van der Waals surface area (Å²) < 4.78 is 10.5. The fourth-order valence-electron chi connectivity index (χ4n) is 2.01. The summed E-state index contributed by atoms with van der Waals surface area (Å²) in [7, 11) is 1.53. The Bertz CT molecular complexity index is 246. The van der Waals surface area contributed by atoms with Gasteiger partial charge in [0, 0.05) is 26.8 Å². The summed E-state index contributed by atoms with van der Waals surface area (Å²) in [5.41, 5.74) is -0.962. The fraction of sp³-hybridized carbons (Fsp3) is 0.909. The molecule has 1 aliphatic rings. The van der Waals surface area contributed by atoms with Crippen molar-refractivity contribution < 1.29 is 19.4 Å². The first-order valence-electron chi connectivity index (χ1n) is 5.59. The summed E-state index contributed by atoms with van der Waals surface area (Å²) in [5.74, 6) is -0.844. The summed E-state index contributed by atoms with van der Waals surface area (Å²) in [6.45, 7) is 5.92. The molecule has 1 aliphatic heterocycles. The van der Waals surface area contributed by atoms with Gasteiger partial charge in [-0.1, -0.05) is 0 Å². The van der Waals surface area contributed by atoms with E-state index >= 15 is 0 Å². The van der Waals surface area contributed by atoms with Gasteiger partial charge in [-0.05, 0) is 20.3 Å². The molecular weight excluding hydrogens is 210 g/mol. The molecule has 1 heterocycles. The number of ether oxygens (including phenoxy) is 2. The molecule has 0 aromatic carbocycles. The third-order valence-electron chi connectivity index (χ3n) is 3.04. The highest BCUT2D eigenvalue weighted by atomic mass is 16.5. The molecule has 0 aliphatic carbocycles. The molecule has 1 saturated heterocycles. The zero-order chi connectivity index (χ0) is 12.2. The van der Waals surface area contributed by atoms with Crippen LogP contribution in [0.5, 0.6) is 0 Å². The van der Waals surface area contributed by atoms with E-state index in [0.717, 1.165) is 13.0 Å². The van der Waals surface area contributed by atoms with Gasteiger partial charge in [-0.15, -0.1) is 0 Å². The molecule has 1 rings (SSSR count). The summed E-state index contributed by atoms with van der Waals surface area (Å²) in [5, 5.41) is 9.33. The van der Waals surface area contributed by atoms with Crippen molar-refractivity contribution in [3.05, 3.63) is 0 Å². The van der Waals surface area contributed by atoms with Gasteiger partial charge >= 0.3 is 5.97 Å². The second-order valence-corrected chi connectivity index (χ2v) is 4.49. The van der Waals surface area contributed by atoms with Crippen LogP contribution < -0.4 is 0 Å². The van der Waals surface area contributed by atoms with Crippen LogP contribution in [0.15, 0.2) is 0 Å². The third-order valence-corrected chi connectivity index (χ3v) is 3.04. The summed E-state index contributed by atoms with van der Waals surface area (Å²) in [6.07, 6.45) is 0.926. The molecule has 16 heavy (non-hydrogen) atoms. The number of rotatable bonds is 4. The molecular formula is C11H21NO4. The lowest BCUT2D eigenvalue weighted by molar-refractivity contribution is -0.154. The quantitative estimate of drug-likeness (QED) is 0.767. The van der Waals surface area contributed by atoms with Crippen molar-refractivity contribution in [2.45, 2.75) is 31.9 Å². The number of hydrogen-bond acceptors (Lipinski definition) is 4. The highest BCUT2D eigenvalue weighted by Crippen LogP contribution is 2.20. The number of nitrogens with zero attached hydrogens (tertiary/aromatic N) is 1. The molecule has 0 aromatic heterocycles. The molecule has 5 nitrogen and oxygen atoms in total. The molecule has 2 unspecified atom stereocenters. The van der Waals surface area contributed by atoms with Crippen molar-refractivity contribution in [3.8, 4) is 0 Å². The predicted octanol–water partition coefficient (Wildman–Crippen LogP) is 0.587. The Balaban J connectivity index is 2.79. The van der Waals surface area contributed by atoms with E-state index < -0.39 is 11.5 Å². The maximum Gasteiger partial charge on any atom is 0.326 e. The van der Waals surface area contributed by atoms with Crippen molar-refractivity contribution in [3.63, 3.8) is 0 Å². The van der Waals surface area contributed by atoms with E-state index in [1.165, 1.54) is 7.11 Å². The fourth-order valence-corrected chi connectivity index (χ4v) is 2.01. The molecule has 1 N–H and O–H groups in total. The minimum atomic E-state index is -0.962. The van der Waals surface area contributed by atoms with Gasteiger partial charge in [-0.25, -0.2) is 0 Å². The summed E-state index contributed by atoms with van der Waals surface area (Å²) in [6, 6.07) is 0. The summed E-state index contributed by atoms with van der Waals surface area (Å²) >= 11 is 0. The van der Waals surface area contributed by atoms with E-state index in [0.29, 0.717) is 13.2 Å². The first-order chi connectivity index (χ1) is 7.50. The van der Waals surface area contributed by atoms with Crippen LogP contribution in [0.1, 0.15) is 20.3 Å². The smallest absolute Gasteiger partial charge is 0.326 e. The van der Waals surface area contributed by atoms with Crippen LogP contribution in [0.3, 0.4) is 0 Å². The Kier molecular flexibility index (Phi) is 4.70. The molecule has 0 saturated carbocycles. The van der Waals surface area contributed by atoms with Gasteiger partial charge in [-0.2, -0.15) is 0 Å². The minimum Gasteiger partial charge on any atom is -0.480 e. The number of methoxy groups -OCH3 is 1. The lowest BCUT2D eigenvalue weighted by Crippen LogP contribution is -2.57. The van der Waals surface area contributed by atoms with Crippen molar-refractivity contribution >= 4 is 5.97 Å². The molecule has 0 amide bonds. The molecule has 0 radical (unpaired) electrons. The average Bonchev–Trinajstić information content (AvgIpc) is 2.43. The van der Waals surface area contributed by atoms with E-state index in [1.54, 1.807) is 6.92 Å². The zero-order valence-corrected chi connectivity index (χ0v) is 10.2. The van der Waals surface area contributed by atoms with Crippen LogP contribution in [0.25, 0.3) is 0 Å². The van der Waals surface area contributed by atoms with Crippen LogP contribution >= 0.6 is 0 Å². The topological polar surface area (TPSA) is 59.0 Å². The lowest BCUT2D eigenvalue weighted by Gasteiger charge is -2.37. The largest absolute Gasteiger partial charge is 0.480 e. The Morgan fingerprint density at radius 1 is 1.69 bits per heavy atom. The van der Waals surface area contributed by atoms with Gasteiger partial charge < -0.3 is 14.6 Å². The SMILES string of the molecule is COCC(C)(C(=O)O)N1CCCOC(C)C1. The second kappa shape index (κ2) is 5.61. The number of carbonyl (C=O) groups is 1. The van der Waals surface area contributed by atoms with Gasteiger partial charge in [-0.3, -0.25) is 9.69 Å². The normalized spacial score (nSPS) is 27.1. The van der Waals surface area contributed by atoms with Crippen molar-refractivity contribution in [1.82, 2.24) is 4.90 Å². The molecule has 2 atom stereocenters. The standard InChI is InChI=1S/C11H21NO4/c1-9-7-12(5-4-6-16-9)11(2,8-15-3)10(13)14/h9H,4-8H2,1-3H3,(H,13,14). The molecule has 94 valence electrons. The molecule has 0 bridgehead atoms. The lowest BCUT2D eigenvalue weighted by atomic mass is 10.0. The third kappa shape index (κ3) is 2.93. The monoisotopic (exact) mass is 231 g/mol. The number of carboxylic acids is 1. The van der Waals surface area contributed by atoms with Crippen LogP contribution in [-0.2, 0) is 14.3 Å². The maximum atomic E-state index is 11.4. The number of aliphatic carboxylic acids is 1. The van der Waals surface area contributed by atoms with E-state index in [2.05, 4.69) is 0 Å². The minimum absolute atomic E-state index is 0.0676. The molecule has 0 spiro atoms. The van der Waals surface area contributed by atoms with Crippen LogP contribution in [0.2, 0.25) is 0 Å². The first kappa shape index (κ1) is 13.4. The molecule has 1 fully saturated rings. The van der Waals surface area contributed by atoms with Crippen molar-refractivity contribution in [2.75, 3.05) is 33.4 Å². The van der Waals surface area contributed by atoms with Gasteiger partial charge in [0.15, 0.2) is 0 Å². The van der Waals surface area contributed by atoms with Gasteiger partial charge in [0.25, 0.3) is 0 Å². The Labute approximate surface area is 96.3 Å². The Morgan fingerprint density at radius 3 is 2.94 bits per heavy atom. The van der Waals surface area contributed by atoms with Crippen molar-refractivity contribution in [2.24, 2.45) is 0 Å². The van der Waals surface area contributed by atoms with Crippen molar-refractivity contribution in [1.29, 1.82) is 0 Å². The van der Waals surface area contributed by atoms with E-state index in [9.17, 15) is 9.90 Å². The van der Waals surface area contributed by atoms with E-state index in [-0.39, 0.29) is 12.7 Å².